The second-order valence-corrected chi connectivity index (χ2v) is 6.38. The van der Waals surface area contributed by atoms with Crippen LogP contribution in [0.15, 0.2) is 11.6 Å². The molecule has 0 aromatic rings. The van der Waals surface area contributed by atoms with E-state index in [0.717, 1.165) is 32.5 Å². The summed E-state index contributed by atoms with van der Waals surface area (Å²) in [6, 6.07) is 0. The molecule has 122 valence electrons. The monoisotopic (exact) mass is 295 g/mol. The summed E-state index contributed by atoms with van der Waals surface area (Å²) in [6.07, 6.45) is 10.9. The molecule has 0 aromatic carbocycles. The third-order valence-electron chi connectivity index (χ3n) is 4.11. The lowest BCUT2D eigenvalue weighted by Gasteiger charge is -2.31. The summed E-state index contributed by atoms with van der Waals surface area (Å²) in [7, 11) is 0. The zero-order valence-electron chi connectivity index (χ0n) is 14.2. The van der Waals surface area contributed by atoms with E-state index in [0.29, 0.717) is 6.61 Å². The van der Waals surface area contributed by atoms with Crippen molar-refractivity contribution < 1.29 is 9.53 Å². The minimum atomic E-state index is 0.00363. The highest BCUT2D eigenvalue weighted by Gasteiger charge is 2.26. The summed E-state index contributed by atoms with van der Waals surface area (Å²) in [5.41, 5.74) is 1.42. The van der Waals surface area contributed by atoms with Crippen LogP contribution < -0.4 is 0 Å². The molecule has 1 saturated heterocycles. The average Bonchev–Trinajstić information content (AvgIpc) is 2.46. The van der Waals surface area contributed by atoms with Gasteiger partial charge in [-0.1, -0.05) is 24.5 Å². The van der Waals surface area contributed by atoms with Crippen LogP contribution in [-0.4, -0.2) is 37.1 Å². The molecule has 0 unspecified atom stereocenters. The SMILES string of the molecule is CCOC(=O)[C@@H]1CCCN(CCCCCCC=C(C)C)C1. The topological polar surface area (TPSA) is 29.5 Å². The summed E-state index contributed by atoms with van der Waals surface area (Å²) >= 11 is 0. The van der Waals surface area contributed by atoms with E-state index in [9.17, 15) is 4.79 Å². The highest BCUT2D eigenvalue weighted by atomic mass is 16.5. The molecule has 0 aromatic heterocycles. The van der Waals surface area contributed by atoms with Crippen molar-refractivity contribution in [1.82, 2.24) is 4.90 Å². The fraction of sp³-hybridized carbons (Fsp3) is 0.833. The first kappa shape index (κ1) is 18.2. The van der Waals surface area contributed by atoms with Crippen LogP contribution in [0.25, 0.3) is 0 Å². The van der Waals surface area contributed by atoms with Crippen molar-refractivity contribution in [1.29, 1.82) is 0 Å². The maximum absolute atomic E-state index is 11.8. The van der Waals surface area contributed by atoms with Gasteiger partial charge in [0.1, 0.15) is 0 Å². The minimum Gasteiger partial charge on any atom is -0.466 e. The zero-order valence-corrected chi connectivity index (χ0v) is 14.2. The van der Waals surface area contributed by atoms with E-state index in [1.165, 1.54) is 37.7 Å². The Morgan fingerprint density at radius 2 is 2.00 bits per heavy atom. The van der Waals surface area contributed by atoms with Gasteiger partial charge >= 0.3 is 5.97 Å². The number of nitrogens with zero attached hydrogens (tertiary/aromatic N) is 1. The van der Waals surface area contributed by atoms with Gasteiger partial charge in [-0.2, -0.15) is 0 Å². The third kappa shape index (κ3) is 8.25. The number of ether oxygens (including phenoxy) is 1. The van der Waals surface area contributed by atoms with E-state index in [4.69, 9.17) is 4.74 Å². The Morgan fingerprint density at radius 3 is 2.71 bits per heavy atom. The summed E-state index contributed by atoms with van der Waals surface area (Å²) in [5, 5.41) is 0. The van der Waals surface area contributed by atoms with Crippen LogP contribution in [0.4, 0.5) is 0 Å². The molecule has 21 heavy (non-hydrogen) atoms. The van der Waals surface area contributed by atoms with Gasteiger partial charge in [0.15, 0.2) is 0 Å². The highest BCUT2D eigenvalue weighted by Crippen LogP contribution is 2.18. The molecule has 0 spiro atoms. The van der Waals surface area contributed by atoms with Crippen LogP contribution in [0, 0.1) is 5.92 Å². The first-order chi connectivity index (χ1) is 10.1. The van der Waals surface area contributed by atoms with Gasteiger partial charge in [0.2, 0.25) is 0 Å². The Hall–Kier alpha value is -0.830. The molecule has 0 saturated carbocycles. The lowest BCUT2D eigenvalue weighted by Crippen LogP contribution is -2.39. The lowest BCUT2D eigenvalue weighted by atomic mass is 9.98. The molecule has 0 radical (unpaired) electrons. The molecule has 1 rings (SSSR count). The number of carbonyl (C=O) groups excluding carboxylic acids is 1. The fourth-order valence-corrected chi connectivity index (χ4v) is 2.94. The number of esters is 1. The normalized spacial score (nSPS) is 19.3. The maximum Gasteiger partial charge on any atom is 0.310 e. The Labute approximate surface area is 130 Å². The number of piperidine rings is 1. The number of unbranched alkanes of at least 4 members (excludes halogenated alkanes) is 4. The number of hydrogen-bond acceptors (Lipinski definition) is 3. The van der Waals surface area contributed by atoms with Crippen molar-refractivity contribution in [3.8, 4) is 0 Å². The molecule has 1 atom stereocenters. The maximum atomic E-state index is 11.8. The smallest absolute Gasteiger partial charge is 0.310 e. The Morgan fingerprint density at radius 1 is 1.24 bits per heavy atom. The van der Waals surface area contributed by atoms with E-state index in [1.807, 2.05) is 6.92 Å². The fourth-order valence-electron chi connectivity index (χ4n) is 2.94. The molecule has 1 heterocycles. The summed E-state index contributed by atoms with van der Waals surface area (Å²) in [4.78, 5) is 14.2. The zero-order chi connectivity index (χ0) is 15.5. The van der Waals surface area contributed by atoms with Crippen molar-refractivity contribution in [2.24, 2.45) is 5.92 Å². The van der Waals surface area contributed by atoms with Crippen molar-refractivity contribution in [3.63, 3.8) is 0 Å². The second-order valence-electron chi connectivity index (χ2n) is 6.38. The predicted molar refractivity (Wildman–Crippen MR) is 88.3 cm³/mol. The molecule has 1 aliphatic heterocycles. The van der Waals surface area contributed by atoms with Crippen LogP contribution in [0.1, 0.15) is 65.7 Å². The van der Waals surface area contributed by atoms with E-state index < -0.39 is 0 Å². The van der Waals surface area contributed by atoms with Gasteiger partial charge in [-0.05, 0) is 66.0 Å². The van der Waals surface area contributed by atoms with Gasteiger partial charge in [0.25, 0.3) is 0 Å². The van der Waals surface area contributed by atoms with Gasteiger partial charge in [-0.3, -0.25) is 4.79 Å². The van der Waals surface area contributed by atoms with Crippen LogP contribution in [0.3, 0.4) is 0 Å². The highest BCUT2D eigenvalue weighted by molar-refractivity contribution is 5.72. The van der Waals surface area contributed by atoms with Crippen LogP contribution in [-0.2, 0) is 9.53 Å². The van der Waals surface area contributed by atoms with Crippen LogP contribution >= 0.6 is 0 Å². The Bertz CT molecular complexity index is 321. The van der Waals surface area contributed by atoms with Crippen LogP contribution in [0.2, 0.25) is 0 Å². The number of likely N-dealkylation sites (tertiary alicyclic amines) is 1. The van der Waals surface area contributed by atoms with Gasteiger partial charge in [0, 0.05) is 6.54 Å². The number of allylic oxidation sites excluding steroid dienone is 2. The molecule has 0 aliphatic carbocycles. The van der Waals surface area contributed by atoms with Gasteiger partial charge in [0.05, 0.1) is 12.5 Å². The molecule has 3 nitrogen and oxygen atoms in total. The number of rotatable bonds is 9. The van der Waals surface area contributed by atoms with E-state index >= 15 is 0 Å². The lowest BCUT2D eigenvalue weighted by molar-refractivity contribution is -0.149. The van der Waals surface area contributed by atoms with Gasteiger partial charge < -0.3 is 9.64 Å². The van der Waals surface area contributed by atoms with Crippen molar-refractivity contribution >= 4 is 5.97 Å². The molecule has 0 amide bonds. The number of carbonyl (C=O) groups is 1. The minimum absolute atomic E-state index is 0.00363. The summed E-state index contributed by atoms with van der Waals surface area (Å²) in [6.45, 7) is 9.89. The Kier molecular flexibility index (Phi) is 9.40. The first-order valence-corrected chi connectivity index (χ1v) is 8.65. The molecule has 0 N–H and O–H groups in total. The quantitative estimate of drug-likeness (QED) is 0.363. The molecule has 3 heteroatoms. The van der Waals surface area contributed by atoms with Gasteiger partial charge in [-0.15, -0.1) is 0 Å². The summed E-state index contributed by atoms with van der Waals surface area (Å²) in [5.74, 6) is 0.111. The third-order valence-corrected chi connectivity index (χ3v) is 4.11. The van der Waals surface area contributed by atoms with Crippen molar-refractivity contribution in [2.45, 2.75) is 65.7 Å². The standard InChI is InChI=1S/C18H33NO2/c1-4-21-18(20)17-12-10-14-19(15-17)13-9-7-5-6-8-11-16(2)3/h11,17H,4-10,12-15H2,1-3H3/t17-/m1/s1. The molecular formula is C18H33NO2. The molecule has 0 bridgehead atoms. The second kappa shape index (κ2) is 10.8. The Balaban J connectivity index is 2.09. The first-order valence-electron chi connectivity index (χ1n) is 8.65. The van der Waals surface area contributed by atoms with Crippen LogP contribution in [0.5, 0.6) is 0 Å². The van der Waals surface area contributed by atoms with Crippen molar-refractivity contribution in [2.75, 3.05) is 26.2 Å². The van der Waals surface area contributed by atoms with Gasteiger partial charge in [-0.25, -0.2) is 0 Å². The average molecular weight is 295 g/mol. The molecular weight excluding hydrogens is 262 g/mol. The largest absolute Gasteiger partial charge is 0.466 e. The van der Waals surface area contributed by atoms with E-state index in [2.05, 4.69) is 24.8 Å². The van der Waals surface area contributed by atoms with E-state index in [1.54, 1.807) is 0 Å². The predicted octanol–water partition coefficient (Wildman–Crippen LogP) is 4.18. The van der Waals surface area contributed by atoms with E-state index in [-0.39, 0.29) is 11.9 Å². The molecule has 1 fully saturated rings. The molecule has 1 aliphatic rings. The van der Waals surface area contributed by atoms with Crippen molar-refractivity contribution in [3.05, 3.63) is 11.6 Å². The number of hydrogen-bond donors (Lipinski definition) is 0. The summed E-state index contributed by atoms with van der Waals surface area (Å²) < 4.78 is 5.15.